The Kier molecular flexibility index (Phi) is 6.40. The molecule has 11 heteroatoms. The summed E-state index contributed by atoms with van der Waals surface area (Å²) in [6, 6.07) is 2.38. The van der Waals surface area contributed by atoms with E-state index in [1.54, 1.807) is 5.43 Å². The zero-order chi connectivity index (χ0) is 17.4. The molecule has 1 rings (SSSR count). The van der Waals surface area contributed by atoms with Crippen LogP contribution in [0.3, 0.4) is 0 Å². The number of hydrogen-bond acceptors (Lipinski definition) is 7. The number of alkyl carbamates (subject to hydrolysis) is 1. The second kappa shape index (κ2) is 8.26. The van der Waals surface area contributed by atoms with Crippen LogP contribution in [0.1, 0.15) is 6.92 Å². The van der Waals surface area contributed by atoms with Gasteiger partial charge in [-0.05, 0) is 19.1 Å². The number of halogens is 2. The first-order chi connectivity index (χ1) is 10.8. The van der Waals surface area contributed by atoms with Crippen LogP contribution < -0.4 is 10.7 Å². The van der Waals surface area contributed by atoms with Gasteiger partial charge in [0.25, 0.3) is 0 Å². The van der Waals surface area contributed by atoms with E-state index in [1.807, 2.05) is 0 Å². The minimum absolute atomic E-state index is 0.0447. The van der Waals surface area contributed by atoms with Crippen LogP contribution in [0.2, 0.25) is 0 Å². The molecule has 0 spiro atoms. The molecule has 0 unspecified atom stereocenters. The summed E-state index contributed by atoms with van der Waals surface area (Å²) in [6.45, 7) is 1.42. The van der Waals surface area contributed by atoms with Gasteiger partial charge in [0.1, 0.15) is 11.5 Å². The number of benzene rings is 1. The van der Waals surface area contributed by atoms with E-state index in [4.69, 9.17) is 0 Å². The first-order valence-corrected chi connectivity index (χ1v) is 6.03. The maximum atomic E-state index is 13.2. The highest BCUT2D eigenvalue weighted by atomic mass is 19.1. The highest BCUT2D eigenvalue weighted by molar-refractivity contribution is 6.63. The van der Waals surface area contributed by atoms with Gasteiger partial charge in [-0.2, -0.15) is 0 Å². The van der Waals surface area contributed by atoms with E-state index in [1.165, 1.54) is 12.2 Å². The van der Waals surface area contributed by atoms with Gasteiger partial charge in [0.15, 0.2) is 5.82 Å². The Morgan fingerprint density at radius 2 is 1.87 bits per heavy atom. The predicted molar refractivity (Wildman–Crippen MR) is 69.2 cm³/mol. The summed E-state index contributed by atoms with van der Waals surface area (Å²) < 4.78 is 30.2. The maximum absolute atomic E-state index is 13.2. The van der Waals surface area contributed by atoms with Gasteiger partial charge in [-0.3, -0.25) is 19.7 Å². The summed E-state index contributed by atoms with van der Waals surface area (Å²) in [5, 5.41) is 7.69. The predicted octanol–water partition coefficient (Wildman–Crippen LogP) is 0.922. The molecule has 0 fully saturated rings. The zero-order valence-electron chi connectivity index (χ0n) is 11.6. The van der Waals surface area contributed by atoms with Gasteiger partial charge in [0, 0.05) is 6.07 Å². The van der Waals surface area contributed by atoms with Crippen LogP contribution in [0.5, 0.6) is 0 Å². The number of carbonyl (C=O) groups excluding carboxylic acids is 4. The summed E-state index contributed by atoms with van der Waals surface area (Å²) in [5.74, 6) is -6.58. The highest BCUT2D eigenvalue weighted by Crippen LogP contribution is 2.18. The summed E-state index contributed by atoms with van der Waals surface area (Å²) >= 11 is 0. The number of nitrogens with zero attached hydrogens (tertiary/aromatic N) is 2. The lowest BCUT2D eigenvalue weighted by Crippen LogP contribution is -2.42. The fourth-order valence-corrected chi connectivity index (χ4v) is 1.16. The van der Waals surface area contributed by atoms with Gasteiger partial charge in [0.2, 0.25) is 0 Å². The molecular formula is C12H10F2N4O5. The SMILES string of the molecule is CCOC(=O)NC(=O)C(=O)C(=O)NN=Nc1ccc(F)cc1F. The van der Waals surface area contributed by atoms with E-state index < -0.39 is 41.0 Å². The molecule has 0 bridgehead atoms. The van der Waals surface area contributed by atoms with Crippen molar-refractivity contribution in [1.29, 1.82) is 0 Å². The molecule has 0 aliphatic carbocycles. The molecule has 0 aromatic heterocycles. The Morgan fingerprint density at radius 3 is 2.48 bits per heavy atom. The van der Waals surface area contributed by atoms with Crippen molar-refractivity contribution in [3.8, 4) is 0 Å². The molecule has 122 valence electrons. The smallest absolute Gasteiger partial charge is 0.414 e. The first kappa shape index (κ1) is 17.8. The van der Waals surface area contributed by atoms with Crippen molar-refractivity contribution >= 4 is 29.4 Å². The largest absolute Gasteiger partial charge is 0.450 e. The second-order valence-corrected chi connectivity index (χ2v) is 3.74. The van der Waals surface area contributed by atoms with Crippen LogP contribution in [0.4, 0.5) is 19.3 Å². The van der Waals surface area contributed by atoms with Crippen molar-refractivity contribution < 1.29 is 32.7 Å². The molecule has 0 atom stereocenters. The van der Waals surface area contributed by atoms with E-state index in [0.717, 1.165) is 12.1 Å². The number of carbonyl (C=O) groups is 4. The maximum Gasteiger partial charge on any atom is 0.414 e. The summed E-state index contributed by atoms with van der Waals surface area (Å²) in [6.07, 6.45) is -1.20. The summed E-state index contributed by atoms with van der Waals surface area (Å²) in [5.41, 5.74) is 1.15. The number of amides is 3. The third-order valence-corrected chi connectivity index (χ3v) is 2.12. The van der Waals surface area contributed by atoms with Gasteiger partial charge < -0.3 is 4.74 Å². The normalized spacial score (nSPS) is 10.2. The zero-order valence-corrected chi connectivity index (χ0v) is 11.6. The van der Waals surface area contributed by atoms with Crippen LogP contribution in [-0.2, 0) is 19.1 Å². The van der Waals surface area contributed by atoms with E-state index in [2.05, 4.69) is 15.1 Å². The molecule has 0 saturated carbocycles. The molecule has 9 nitrogen and oxygen atoms in total. The van der Waals surface area contributed by atoms with Crippen molar-refractivity contribution in [2.75, 3.05) is 6.61 Å². The van der Waals surface area contributed by atoms with Crippen LogP contribution in [-0.4, -0.2) is 30.3 Å². The third kappa shape index (κ3) is 5.57. The lowest BCUT2D eigenvalue weighted by Gasteiger charge is -2.02. The fraction of sp³-hybridized carbons (Fsp3) is 0.167. The van der Waals surface area contributed by atoms with Crippen LogP contribution in [0.15, 0.2) is 28.5 Å². The van der Waals surface area contributed by atoms with Crippen molar-refractivity contribution in [3.05, 3.63) is 29.8 Å². The molecule has 0 aliphatic rings. The molecule has 0 heterocycles. The van der Waals surface area contributed by atoms with Crippen molar-refractivity contribution in [1.82, 2.24) is 10.7 Å². The third-order valence-electron chi connectivity index (χ3n) is 2.12. The van der Waals surface area contributed by atoms with Gasteiger partial charge in [0.05, 0.1) is 6.61 Å². The minimum atomic E-state index is -1.64. The van der Waals surface area contributed by atoms with Gasteiger partial charge in [-0.25, -0.2) is 19.0 Å². The number of ketones is 1. The Labute approximate surface area is 127 Å². The number of Topliss-reactive ketones (excluding diaryl/α,β-unsaturated/α-hetero) is 1. The van der Waals surface area contributed by atoms with Crippen LogP contribution >= 0.6 is 0 Å². The van der Waals surface area contributed by atoms with Gasteiger partial charge >= 0.3 is 23.7 Å². The first-order valence-electron chi connectivity index (χ1n) is 6.03. The van der Waals surface area contributed by atoms with Crippen molar-refractivity contribution in [3.63, 3.8) is 0 Å². The number of ether oxygens (including phenoxy) is 1. The van der Waals surface area contributed by atoms with Crippen LogP contribution in [0, 0.1) is 11.6 Å². The molecule has 2 N–H and O–H groups in total. The Balaban J connectivity index is 2.58. The van der Waals surface area contributed by atoms with Crippen LogP contribution in [0.25, 0.3) is 0 Å². The van der Waals surface area contributed by atoms with E-state index in [9.17, 15) is 28.0 Å². The molecule has 1 aromatic rings. The van der Waals surface area contributed by atoms with Gasteiger partial charge in [-0.1, -0.05) is 5.22 Å². The number of rotatable bonds is 5. The summed E-state index contributed by atoms with van der Waals surface area (Å²) in [4.78, 5) is 44.6. The molecule has 0 saturated heterocycles. The number of nitrogens with one attached hydrogen (secondary N) is 2. The molecular weight excluding hydrogens is 318 g/mol. The lowest BCUT2D eigenvalue weighted by molar-refractivity contribution is -0.145. The van der Waals surface area contributed by atoms with E-state index in [0.29, 0.717) is 6.07 Å². The minimum Gasteiger partial charge on any atom is -0.450 e. The Bertz CT molecular complexity index is 677. The average molecular weight is 328 g/mol. The van der Waals surface area contributed by atoms with E-state index in [-0.39, 0.29) is 6.61 Å². The quantitative estimate of drug-likeness (QED) is 0.360. The number of imide groups is 1. The van der Waals surface area contributed by atoms with Crippen molar-refractivity contribution in [2.45, 2.75) is 6.92 Å². The standard InChI is InChI=1S/C12H10F2N4O5/c1-2-23-12(22)15-10(20)9(19)11(21)17-18-16-8-4-3-6(13)5-7(8)14/h3-5H,2H2,1H3,(H,15,20,22)(H,16,17,21). The molecule has 0 aliphatic heterocycles. The summed E-state index contributed by atoms with van der Waals surface area (Å²) in [7, 11) is 0. The second-order valence-electron chi connectivity index (χ2n) is 3.74. The molecule has 0 radical (unpaired) electrons. The average Bonchev–Trinajstić information content (AvgIpc) is 2.48. The fourth-order valence-electron chi connectivity index (χ4n) is 1.16. The Hall–Kier alpha value is -3.24. The van der Waals surface area contributed by atoms with E-state index >= 15 is 0 Å². The molecule has 3 amide bonds. The van der Waals surface area contributed by atoms with Crippen molar-refractivity contribution in [2.24, 2.45) is 10.3 Å². The number of hydrogen-bond donors (Lipinski definition) is 2. The van der Waals surface area contributed by atoms with Gasteiger partial charge in [-0.15, -0.1) is 5.11 Å². The highest BCUT2D eigenvalue weighted by Gasteiger charge is 2.24. The molecule has 1 aromatic carbocycles. The lowest BCUT2D eigenvalue weighted by atomic mass is 10.3. The Morgan fingerprint density at radius 1 is 1.17 bits per heavy atom. The monoisotopic (exact) mass is 328 g/mol. The topological polar surface area (TPSA) is 126 Å². The molecule has 23 heavy (non-hydrogen) atoms.